The number of likely N-dealkylation sites (N-methyl/N-ethyl adjacent to an activating group) is 1. The molecule has 0 aromatic heterocycles. The van der Waals surface area contributed by atoms with Gasteiger partial charge in [-0.15, -0.1) is 0 Å². The van der Waals surface area contributed by atoms with Crippen LogP contribution in [0.4, 0.5) is 0 Å². The second-order valence-corrected chi connectivity index (χ2v) is 6.51. The monoisotopic (exact) mass is 290 g/mol. The largest absolute Gasteiger partial charge is 0.497 e. The smallest absolute Gasteiger partial charge is 0.118 e. The second-order valence-electron chi connectivity index (χ2n) is 6.51. The number of rotatable bonds is 8. The lowest BCUT2D eigenvalue weighted by molar-refractivity contribution is 0.128. The van der Waals surface area contributed by atoms with E-state index in [9.17, 15) is 0 Å². The topological polar surface area (TPSA) is 24.5 Å². The van der Waals surface area contributed by atoms with Crippen molar-refractivity contribution in [1.29, 1.82) is 0 Å². The third kappa shape index (κ3) is 4.21. The SMILES string of the molecule is CNC(c1ccc(OC)cc1)C(C)N(CC1CC1)C(C)C. The lowest BCUT2D eigenvalue weighted by atomic mass is 9.98. The van der Waals surface area contributed by atoms with Crippen LogP contribution >= 0.6 is 0 Å². The van der Waals surface area contributed by atoms with Gasteiger partial charge in [0.05, 0.1) is 7.11 Å². The van der Waals surface area contributed by atoms with Crippen molar-refractivity contribution in [2.24, 2.45) is 5.92 Å². The van der Waals surface area contributed by atoms with E-state index in [1.807, 2.05) is 12.1 Å². The summed E-state index contributed by atoms with van der Waals surface area (Å²) in [5, 5.41) is 3.50. The predicted molar refractivity (Wildman–Crippen MR) is 88.8 cm³/mol. The summed E-state index contributed by atoms with van der Waals surface area (Å²) in [5.74, 6) is 1.84. The maximum Gasteiger partial charge on any atom is 0.118 e. The van der Waals surface area contributed by atoms with E-state index >= 15 is 0 Å². The van der Waals surface area contributed by atoms with Crippen LogP contribution in [0.3, 0.4) is 0 Å². The first-order chi connectivity index (χ1) is 10.1. The number of hydrogen-bond donors (Lipinski definition) is 1. The van der Waals surface area contributed by atoms with E-state index in [0.29, 0.717) is 18.1 Å². The van der Waals surface area contributed by atoms with Crippen LogP contribution in [0.25, 0.3) is 0 Å². The number of nitrogens with zero attached hydrogens (tertiary/aromatic N) is 1. The molecule has 0 aliphatic heterocycles. The molecule has 0 spiro atoms. The van der Waals surface area contributed by atoms with E-state index in [4.69, 9.17) is 4.74 Å². The second kappa shape index (κ2) is 7.28. The van der Waals surface area contributed by atoms with Gasteiger partial charge in [0.25, 0.3) is 0 Å². The third-order valence-electron chi connectivity index (χ3n) is 4.62. The van der Waals surface area contributed by atoms with Crippen LogP contribution in [-0.2, 0) is 0 Å². The summed E-state index contributed by atoms with van der Waals surface area (Å²) in [6.45, 7) is 8.18. The fourth-order valence-corrected chi connectivity index (χ4v) is 3.14. The molecule has 21 heavy (non-hydrogen) atoms. The van der Waals surface area contributed by atoms with Crippen molar-refractivity contribution < 1.29 is 4.74 Å². The van der Waals surface area contributed by atoms with Gasteiger partial charge in [0.15, 0.2) is 0 Å². The van der Waals surface area contributed by atoms with Gasteiger partial charge in [-0.2, -0.15) is 0 Å². The molecule has 0 radical (unpaired) electrons. The molecular weight excluding hydrogens is 260 g/mol. The number of benzene rings is 1. The molecule has 0 amide bonds. The minimum Gasteiger partial charge on any atom is -0.497 e. The average Bonchev–Trinajstić information content (AvgIpc) is 3.30. The molecule has 1 aromatic carbocycles. The van der Waals surface area contributed by atoms with Crippen molar-refractivity contribution in [1.82, 2.24) is 10.2 Å². The zero-order valence-corrected chi connectivity index (χ0v) is 14.1. The highest BCUT2D eigenvalue weighted by Gasteiger charge is 2.31. The summed E-state index contributed by atoms with van der Waals surface area (Å²) in [6.07, 6.45) is 2.81. The van der Waals surface area contributed by atoms with Crippen molar-refractivity contribution in [3.05, 3.63) is 29.8 Å². The van der Waals surface area contributed by atoms with Crippen LogP contribution in [0.5, 0.6) is 5.75 Å². The summed E-state index contributed by atoms with van der Waals surface area (Å²) in [7, 11) is 3.77. The Bertz CT molecular complexity index is 425. The van der Waals surface area contributed by atoms with Crippen molar-refractivity contribution in [2.75, 3.05) is 20.7 Å². The maximum absolute atomic E-state index is 5.26. The number of hydrogen-bond acceptors (Lipinski definition) is 3. The summed E-state index contributed by atoms with van der Waals surface area (Å²) < 4.78 is 5.26. The summed E-state index contributed by atoms with van der Waals surface area (Å²) in [4.78, 5) is 2.64. The van der Waals surface area contributed by atoms with E-state index in [-0.39, 0.29) is 0 Å². The molecule has 1 N–H and O–H groups in total. The molecule has 2 atom stereocenters. The number of nitrogens with one attached hydrogen (secondary N) is 1. The summed E-state index contributed by atoms with van der Waals surface area (Å²) >= 11 is 0. The van der Waals surface area contributed by atoms with Gasteiger partial charge >= 0.3 is 0 Å². The number of ether oxygens (including phenoxy) is 1. The summed E-state index contributed by atoms with van der Waals surface area (Å²) in [6, 6.07) is 9.84. The van der Waals surface area contributed by atoms with Crippen molar-refractivity contribution in [2.45, 2.75) is 51.7 Å². The fourth-order valence-electron chi connectivity index (χ4n) is 3.14. The van der Waals surface area contributed by atoms with Crippen molar-refractivity contribution in [3.63, 3.8) is 0 Å². The van der Waals surface area contributed by atoms with E-state index in [0.717, 1.165) is 11.7 Å². The van der Waals surface area contributed by atoms with Crippen molar-refractivity contribution >= 4 is 0 Å². The highest BCUT2D eigenvalue weighted by atomic mass is 16.5. The zero-order chi connectivity index (χ0) is 15.4. The Kier molecular flexibility index (Phi) is 5.65. The molecule has 1 aliphatic rings. The fraction of sp³-hybridized carbons (Fsp3) is 0.667. The molecule has 0 bridgehead atoms. The van der Waals surface area contributed by atoms with Crippen molar-refractivity contribution in [3.8, 4) is 5.75 Å². The Hall–Kier alpha value is -1.06. The molecule has 2 rings (SSSR count). The van der Waals surface area contributed by atoms with E-state index in [2.05, 4.69) is 50.2 Å². The average molecular weight is 290 g/mol. The molecule has 118 valence electrons. The van der Waals surface area contributed by atoms with Crippen LogP contribution in [-0.4, -0.2) is 37.7 Å². The highest BCUT2D eigenvalue weighted by Crippen LogP contribution is 2.33. The molecule has 3 nitrogen and oxygen atoms in total. The Morgan fingerprint density at radius 2 is 1.81 bits per heavy atom. The number of methoxy groups -OCH3 is 1. The molecule has 0 heterocycles. The highest BCUT2D eigenvalue weighted by molar-refractivity contribution is 5.29. The van der Waals surface area contributed by atoms with Gasteiger partial charge in [-0.25, -0.2) is 0 Å². The van der Waals surface area contributed by atoms with E-state index in [1.165, 1.54) is 24.9 Å². The van der Waals surface area contributed by atoms with Crippen LogP contribution < -0.4 is 10.1 Å². The van der Waals surface area contributed by atoms with Gasteiger partial charge in [-0.3, -0.25) is 4.90 Å². The molecule has 1 aliphatic carbocycles. The van der Waals surface area contributed by atoms with Crippen LogP contribution in [0.2, 0.25) is 0 Å². The first kappa shape index (κ1) is 16.3. The van der Waals surface area contributed by atoms with Crippen LogP contribution in [0.1, 0.15) is 45.2 Å². The normalized spacial score (nSPS) is 18.0. The molecule has 1 aromatic rings. The van der Waals surface area contributed by atoms with E-state index < -0.39 is 0 Å². The first-order valence-corrected chi connectivity index (χ1v) is 8.13. The van der Waals surface area contributed by atoms with Crippen LogP contribution in [0, 0.1) is 5.92 Å². The maximum atomic E-state index is 5.26. The predicted octanol–water partition coefficient (Wildman–Crippen LogP) is 3.46. The standard InChI is InChI=1S/C18H30N2O/c1-13(2)20(12-15-6-7-15)14(3)18(19-4)16-8-10-17(21-5)11-9-16/h8-11,13-15,18-19H,6-7,12H2,1-5H3. The quantitative estimate of drug-likeness (QED) is 0.793. The molecule has 3 heteroatoms. The molecule has 2 unspecified atom stereocenters. The Balaban J connectivity index is 2.12. The van der Waals surface area contributed by atoms with Crippen LogP contribution in [0.15, 0.2) is 24.3 Å². The Morgan fingerprint density at radius 1 is 1.19 bits per heavy atom. The van der Waals surface area contributed by atoms with Gasteiger partial charge in [0.1, 0.15) is 5.75 Å². The summed E-state index contributed by atoms with van der Waals surface area (Å²) in [5.41, 5.74) is 1.33. The van der Waals surface area contributed by atoms with Gasteiger partial charge in [-0.05, 0) is 64.3 Å². The Morgan fingerprint density at radius 3 is 2.24 bits per heavy atom. The molecule has 1 saturated carbocycles. The first-order valence-electron chi connectivity index (χ1n) is 8.13. The van der Waals surface area contributed by atoms with Gasteiger partial charge in [0.2, 0.25) is 0 Å². The minimum absolute atomic E-state index is 0.344. The zero-order valence-electron chi connectivity index (χ0n) is 14.1. The lowest BCUT2D eigenvalue weighted by Gasteiger charge is -2.38. The van der Waals surface area contributed by atoms with Gasteiger partial charge < -0.3 is 10.1 Å². The van der Waals surface area contributed by atoms with Gasteiger partial charge in [-0.1, -0.05) is 12.1 Å². The van der Waals surface area contributed by atoms with Gasteiger partial charge in [0, 0.05) is 24.7 Å². The minimum atomic E-state index is 0.344. The molecule has 0 saturated heterocycles. The van der Waals surface area contributed by atoms with E-state index in [1.54, 1.807) is 7.11 Å². The molecular formula is C18H30N2O. The molecule has 1 fully saturated rings. The third-order valence-corrected chi connectivity index (χ3v) is 4.62. The lowest BCUT2D eigenvalue weighted by Crippen LogP contribution is -2.46. The Labute approximate surface area is 129 Å².